The highest BCUT2D eigenvalue weighted by atomic mass is 16.5. The lowest BCUT2D eigenvalue weighted by Gasteiger charge is -2.39. The monoisotopic (exact) mass is 804 g/mol. The van der Waals surface area contributed by atoms with Gasteiger partial charge >= 0.3 is 12.1 Å². The summed E-state index contributed by atoms with van der Waals surface area (Å²) in [6, 6.07) is 29.9. The number of ether oxygens (including phenoxy) is 1. The van der Waals surface area contributed by atoms with Crippen LogP contribution in [0, 0.1) is 16.7 Å². The molecule has 6 atom stereocenters. The van der Waals surface area contributed by atoms with Crippen LogP contribution in [0.15, 0.2) is 109 Å². The van der Waals surface area contributed by atoms with Crippen molar-refractivity contribution in [2.75, 3.05) is 13.7 Å². The molecule has 5 N–H and O–H groups in total. The maximum absolute atomic E-state index is 14.7. The van der Waals surface area contributed by atoms with E-state index in [-0.39, 0.29) is 24.8 Å². The number of hydrogen-bond acceptors (Lipinski definition) is 7. The molecule has 1 aliphatic heterocycles. The van der Waals surface area contributed by atoms with E-state index in [2.05, 4.69) is 26.3 Å². The fourth-order valence-electron chi connectivity index (χ4n) is 7.81. The lowest BCUT2D eigenvalue weighted by atomic mass is 9.75. The number of hydrogen-bond donors (Lipinski definition) is 5. The molecule has 3 aromatic carbocycles. The maximum Gasteiger partial charge on any atom is 0.407 e. The number of rotatable bonds is 16. The molecule has 0 saturated carbocycles. The fraction of sp³-hybridized carbons (Fsp3) is 0.426. The third-order valence-electron chi connectivity index (χ3n) is 10.9. The molecule has 12 nitrogen and oxygen atoms in total. The van der Waals surface area contributed by atoms with Crippen LogP contribution in [-0.4, -0.2) is 82.9 Å². The van der Waals surface area contributed by atoms with E-state index in [1.807, 2.05) is 145 Å². The van der Waals surface area contributed by atoms with Gasteiger partial charge in [0.05, 0.1) is 36.9 Å². The summed E-state index contributed by atoms with van der Waals surface area (Å²) in [5.74, 6) is -1.32. The molecule has 0 radical (unpaired) electrons. The van der Waals surface area contributed by atoms with Gasteiger partial charge in [0, 0.05) is 30.9 Å². The molecule has 59 heavy (non-hydrogen) atoms. The first-order chi connectivity index (χ1) is 28.0. The number of amides is 5. The van der Waals surface area contributed by atoms with Gasteiger partial charge in [0.25, 0.3) is 0 Å². The second-order valence-corrected chi connectivity index (χ2v) is 17.6. The third-order valence-corrected chi connectivity index (χ3v) is 10.9. The topological polar surface area (TPSA) is 162 Å². The molecule has 1 saturated heterocycles. The van der Waals surface area contributed by atoms with Crippen molar-refractivity contribution >= 4 is 23.9 Å². The standard InChI is InChI=1S/C47H60N6O6/c1-46(2,3)40(38-29-49-44(57)53(38)30-33-18-12-9-13-19-33)42(55)50-35(26-31-16-10-8-11-17-31)28-39(54)37(51-43(56)41(47(4,5)6)52-45(58)59-7)27-32-21-23-34(24-22-32)36-20-14-15-25-48-36/h8-25,35,37-41,54H,26-30H2,1-7H3,(H,49,57)(H,50,55)(H,51,56)(H,52,58). The number of benzene rings is 3. The lowest BCUT2D eigenvalue weighted by Crippen LogP contribution is -2.58. The number of alkyl carbamates (subject to hydrolysis) is 1. The zero-order chi connectivity index (χ0) is 42.7. The van der Waals surface area contributed by atoms with Gasteiger partial charge in [-0.2, -0.15) is 0 Å². The number of nitrogens with zero attached hydrogens (tertiary/aromatic N) is 2. The Hall–Kier alpha value is -5.75. The molecule has 314 valence electrons. The van der Waals surface area contributed by atoms with E-state index in [1.165, 1.54) is 7.11 Å². The van der Waals surface area contributed by atoms with Crippen LogP contribution in [0.3, 0.4) is 0 Å². The summed E-state index contributed by atoms with van der Waals surface area (Å²) in [5.41, 5.74) is 3.28. The molecule has 0 bridgehead atoms. The second-order valence-electron chi connectivity index (χ2n) is 17.6. The van der Waals surface area contributed by atoms with Crippen LogP contribution in [0.5, 0.6) is 0 Å². The van der Waals surface area contributed by atoms with Gasteiger partial charge < -0.3 is 36.0 Å². The average Bonchev–Trinajstić information content (AvgIpc) is 3.54. The van der Waals surface area contributed by atoms with Gasteiger partial charge in [-0.15, -0.1) is 0 Å². The Balaban J connectivity index is 1.44. The van der Waals surface area contributed by atoms with E-state index in [4.69, 9.17) is 4.74 Å². The maximum atomic E-state index is 14.7. The van der Waals surface area contributed by atoms with E-state index in [1.54, 1.807) is 11.1 Å². The van der Waals surface area contributed by atoms with Crippen LogP contribution in [0.25, 0.3) is 11.3 Å². The molecule has 5 amide bonds. The van der Waals surface area contributed by atoms with Gasteiger partial charge in [0.1, 0.15) is 6.04 Å². The molecule has 1 aromatic heterocycles. The number of urea groups is 1. The van der Waals surface area contributed by atoms with Gasteiger partial charge in [-0.25, -0.2) is 9.59 Å². The smallest absolute Gasteiger partial charge is 0.407 e. The zero-order valence-electron chi connectivity index (χ0n) is 35.3. The molecule has 5 rings (SSSR count). The highest BCUT2D eigenvalue weighted by Gasteiger charge is 2.46. The molecule has 2 heterocycles. The Morgan fingerprint density at radius 3 is 1.97 bits per heavy atom. The Morgan fingerprint density at radius 2 is 1.39 bits per heavy atom. The molecule has 0 spiro atoms. The lowest BCUT2D eigenvalue weighted by molar-refractivity contribution is -0.132. The summed E-state index contributed by atoms with van der Waals surface area (Å²) in [4.78, 5) is 60.6. The quantitative estimate of drug-likeness (QED) is 0.0891. The van der Waals surface area contributed by atoms with Crippen molar-refractivity contribution in [2.45, 2.75) is 97.6 Å². The summed E-state index contributed by atoms with van der Waals surface area (Å²) < 4.78 is 4.84. The normalized spacial score (nSPS) is 16.8. The van der Waals surface area contributed by atoms with Crippen molar-refractivity contribution < 1.29 is 29.0 Å². The predicted molar refractivity (Wildman–Crippen MR) is 229 cm³/mol. The van der Waals surface area contributed by atoms with Crippen molar-refractivity contribution in [3.05, 3.63) is 126 Å². The van der Waals surface area contributed by atoms with Gasteiger partial charge in [-0.1, -0.05) is 133 Å². The van der Waals surface area contributed by atoms with Crippen molar-refractivity contribution in [2.24, 2.45) is 16.7 Å². The van der Waals surface area contributed by atoms with E-state index in [0.717, 1.165) is 27.9 Å². The van der Waals surface area contributed by atoms with Crippen LogP contribution in [0.1, 0.15) is 64.7 Å². The molecule has 0 aliphatic carbocycles. The van der Waals surface area contributed by atoms with Crippen LogP contribution >= 0.6 is 0 Å². The number of nitrogens with one attached hydrogen (secondary N) is 4. The highest BCUT2D eigenvalue weighted by Crippen LogP contribution is 2.34. The molecular weight excluding hydrogens is 745 g/mol. The highest BCUT2D eigenvalue weighted by molar-refractivity contribution is 5.87. The first kappa shape index (κ1) is 44.4. The van der Waals surface area contributed by atoms with Crippen molar-refractivity contribution in [1.29, 1.82) is 0 Å². The van der Waals surface area contributed by atoms with E-state index in [0.29, 0.717) is 19.5 Å². The Labute approximate surface area is 348 Å². The van der Waals surface area contributed by atoms with Crippen molar-refractivity contribution in [3.63, 3.8) is 0 Å². The number of aliphatic hydroxyl groups excluding tert-OH is 1. The number of aliphatic hydroxyl groups is 1. The van der Waals surface area contributed by atoms with Crippen molar-refractivity contribution in [3.8, 4) is 11.3 Å². The Bertz CT molecular complexity index is 1980. The molecule has 1 aliphatic rings. The zero-order valence-corrected chi connectivity index (χ0v) is 35.3. The minimum absolute atomic E-state index is 0.0919. The van der Waals surface area contributed by atoms with Gasteiger partial charge in [0.2, 0.25) is 11.8 Å². The van der Waals surface area contributed by atoms with Crippen LogP contribution in [0.4, 0.5) is 9.59 Å². The molecule has 1 fully saturated rings. The molecule has 6 unspecified atom stereocenters. The van der Waals surface area contributed by atoms with Gasteiger partial charge in [-0.3, -0.25) is 14.6 Å². The fourth-order valence-corrected chi connectivity index (χ4v) is 7.81. The first-order valence-electron chi connectivity index (χ1n) is 20.3. The van der Waals surface area contributed by atoms with Gasteiger partial charge in [-0.05, 0) is 58.9 Å². The van der Waals surface area contributed by atoms with Crippen LogP contribution in [-0.2, 0) is 33.7 Å². The van der Waals surface area contributed by atoms with Crippen LogP contribution in [0.2, 0.25) is 0 Å². The second kappa shape index (κ2) is 19.8. The van der Waals surface area contributed by atoms with E-state index < -0.39 is 59.0 Å². The molecular formula is C47H60N6O6. The summed E-state index contributed by atoms with van der Waals surface area (Å²) in [6.45, 7) is 12.2. The predicted octanol–water partition coefficient (Wildman–Crippen LogP) is 6.28. The summed E-state index contributed by atoms with van der Waals surface area (Å²) in [7, 11) is 1.24. The average molecular weight is 805 g/mol. The van der Waals surface area contributed by atoms with Crippen molar-refractivity contribution in [1.82, 2.24) is 31.2 Å². The minimum atomic E-state index is -1.14. The number of pyridine rings is 1. The van der Waals surface area contributed by atoms with E-state index in [9.17, 15) is 24.3 Å². The summed E-state index contributed by atoms with van der Waals surface area (Å²) in [6.07, 6.45) is 0.602. The number of aromatic nitrogens is 1. The summed E-state index contributed by atoms with van der Waals surface area (Å²) in [5, 5.41) is 24.2. The molecule has 4 aromatic rings. The van der Waals surface area contributed by atoms with E-state index >= 15 is 0 Å². The largest absolute Gasteiger partial charge is 0.453 e. The third kappa shape index (κ3) is 12.4. The van der Waals surface area contributed by atoms with Crippen LogP contribution < -0.4 is 21.3 Å². The minimum Gasteiger partial charge on any atom is -0.453 e. The number of carbonyl (C=O) groups is 4. The molecule has 12 heteroatoms. The Kier molecular flexibility index (Phi) is 14.9. The SMILES string of the molecule is COC(=O)NC(C(=O)NC(Cc1ccc(-c2ccccn2)cc1)C(O)CC(Cc1ccccc1)NC(=O)C(C1CNC(=O)N1Cc1ccccc1)C(C)(C)C)C(C)(C)C. The summed E-state index contributed by atoms with van der Waals surface area (Å²) >= 11 is 0. The number of methoxy groups -OCH3 is 1. The van der Waals surface area contributed by atoms with Gasteiger partial charge in [0.15, 0.2) is 0 Å². The Morgan fingerprint density at radius 1 is 0.780 bits per heavy atom. The number of carbonyl (C=O) groups excluding carboxylic acids is 4. The first-order valence-corrected chi connectivity index (χ1v) is 20.3.